The van der Waals surface area contributed by atoms with Gasteiger partial charge in [0.2, 0.25) is 0 Å². The van der Waals surface area contributed by atoms with Crippen molar-refractivity contribution >= 4 is 11.0 Å². The highest BCUT2D eigenvalue weighted by atomic mass is 16.5. The number of hydrogen-bond acceptors (Lipinski definition) is 4. The molecule has 4 nitrogen and oxygen atoms in total. The highest BCUT2D eigenvalue weighted by molar-refractivity contribution is 5.80. The van der Waals surface area contributed by atoms with E-state index in [0.717, 1.165) is 50.4 Å². The molecule has 1 saturated heterocycles. The number of aromatic nitrogens is 1. The highest BCUT2D eigenvalue weighted by Gasteiger charge is 2.12. The first kappa shape index (κ1) is 11.7. The van der Waals surface area contributed by atoms with E-state index >= 15 is 0 Å². The summed E-state index contributed by atoms with van der Waals surface area (Å²) in [6.07, 6.45) is 0.969. The lowest BCUT2D eigenvalue weighted by Crippen LogP contribution is -2.44. The van der Waals surface area contributed by atoms with E-state index in [2.05, 4.69) is 34.4 Å². The second kappa shape index (κ2) is 5.08. The van der Waals surface area contributed by atoms with Gasteiger partial charge in [-0.1, -0.05) is 16.8 Å². The molecule has 0 bridgehead atoms. The Morgan fingerprint density at radius 1 is 1.33 bits per heavy atom. The van der Waals surface area contributed by atoms with Crippen LogP contribution in [0.2, 0.25) is 0 Å². The van der Waals surface area contributed by atoms with Gasteiger partial charge in [0.15, 0.2) is 5.58 Å². The average molecular weight is 245 g/mol. The summed E-state index contributed by atoms with van der Waals surface area (Å²) in [7, 11) is 0. The number of nitrogens with one attached hydrogen (secondary N) is 1. The molecule has 2 heterocycles. The van der Waals surface area contributed by atoms with Gasteiger partial charge >= 0.3 is 0 Å². The summed E-state index contributed by atoms with van der Waals surface area (Å²) < 4.78 is 5.36. The van der Waals surface area contributed by atoms with Gasteiger partial charge in [-0.25, -0.2) is 0 Å². The monoisotopic (exact) mass is 245 g/mol. The van der Waals surface area contributed by atoms with E-state index in [1.165, 1.54) is 10.9 Å². The first-order chi connectivity index (χ1) is 8.83. The Balaban J connectivity index is 1.72. The number of nitrogens with zero attached hydrogens (tertiary/aromatic N) is 2. The summed E-state index contributed by atoms with van der Waals surface area (Å²) in [6, 6.07) is 6.23. The lowest BCUT2D eigenvalue weighted by molar-refractivity contribution is 0.242. The van der Waals surface area contributed by atoms with E-state index in [0.29, 0.717) is 0 Å². The fourth-order valence-corrected chi connectivity index (χ4v) is 2.48. The lowest BCUT2D eigenvalue weighted by atomic mass is 10.1. The van der Waals surface area contributed by atoms with Crippen molar-refractivity contribution in [3.63, 3.8) is 0 Å². The molecule has 0 radical (unpaired) electrons. The van der Waals surface area contributed by atoms with E-state index < -0.39 is 0 Å². The highest BCUT2D eigenvalue weighted by Crippen LogP contribution is 2.20. The molecule has 1 aromatic heterocycles. The number of rotatable bonds is 3. The first-order valence-electron chi connectivity index (χ1n) is 6.61. The van der Waals surface area contributed by atoms with Crippen LogP contribution in [0.5, 0.6) is 0 Å². The Bertz CT molecular complexity index is 529. The Morgan fingerprint density at radius 3 is 3.00 bits per heavy atom. The molecular weight excluding hydrogens is 226 g/mol. The fraction of sp³-hybridized carbons (Fsp3) is 0.500. The van der Waals surface area contributed by atoms with Crippen molar-refractivity contribution in [1.29, 1.82) is 0 Å². The van der Waals surface area contributed by atoms with Gasteiger partial charge in [0.25, 0.3) is 0 Å². The van der Waals surface area contributed by atoms with Crippen LogP contribution >= 0.6 is 0 Å². The van der Waals surface area contributed by atoms with E-state index in [1.54, 1.807) is 0 Å². The fourth-order valence-electron chi connectivity index (χ4n) is 2.48. The number of fused-ring (bicyclic) bond motifs is 1. The third-order valence-corrected chi connectivity index (χ3v) is 3.57. The minimum Gasteiger partial charge on any atom is -0.356 e. The quantitative estimate of drug-likeness (QED) is 0.891. The van der Waals surface area contributed by atoms with Crippen LogP contribution in [0.3, 0.4) is 0 Å². The van der Waals surface area contributed by atoms with Crippen LogP contribution in [0.1, 0.15) is 11.3 Å². The van der Waals surface area contributed by atoms with Gasteiger partial charge in [0.05, 0.1) is 5.69 Å². The predicted molar refractivity (Wildman–Crippen MR) is 71.8 cm³/mol. The molecule has 0 atom stereocenters. The van der Waals surface area contributed by atoms with Gasteiger partial charge in [0.1, 0.15) is 0 Å². The standard InChI is InChI=1S/C14H19N3O/c1-11-2-3-14-12(10-11)13(16-18-14)4-7-17-8-5-15-6-9-17/h2-3,10,15H,4-9H2,1H3. The van der Waals surface area contributed by atoms with E-state index in [9.17, 15) is 0 Å². The largest absolute Gasteiger partial charge is 0.356 e. The molecule has 3 rings (SSSR count). The zero-order valence-corrected chi connectivity index (χ0v) is 10.8. The minimum absolute atomic E-state index is 0.899. The number of piperazine rings is 1. The lowest BCUT2D eigenvalue weighted by Gasteiger charge is -2.26. The van der Waals surface area contributed by atoms with E-state index in [1.807, 2.05) is 6.07 Å². The SMILES string of the molecule is Cc1ccc2onc(CCN3CCNCC3)c2c1. The van der Waals surface area contributed by atoms with Gasteiger partial charge in [-0.2, -0.15) is 0 Å². The number of hydrogen-bond donors (Lipinski definition) is 1. The average Bonchev–Trinajstić information content (AvgIpc) is 2.80. The Labute approximate surface area is 107 Å². The summed E-state index contributed by atoms with van der Waals surface area (Å²) in [5.74, 6) is 0. The molecule has 1 aliphatic heterocycles. The molecule has 1 N–H and O–H groups in total. The van der Waals surface area contributed by atoms with Gasteiger partial charge < -0.3 is 14.7 Å². The molecule has 2 aromatic rings. The van der Waals surface area contributed by atoms with Crippen molar-refractivity contribution in [1.82, 2.24) is 15.4 Å². The zero-order valence-electron chi connectivity index (χ0n) is 10.8. The Hall–Kier alpha value is -1.39. The maximum Gasteiger partial charge on any atom is 0.167 e. The second-order valence-corrected chi connectivity index (χ2v) is 4.97. The Kier molecular flexibility index (Phi) is 3.30. The third-order valence-electron chi connectivity index (χ3n) is 3.57. The van der Waals surface area contributed by atoms with Crippen LogP contribution in [0, 0.1) is 6.92 Å². The van der Waals surface area contributed by atoms with Crippen LogP contribution < -0.4 is 5.32 Å². The van der Waals surface area contributed by atoms with Crippen molar-refractivity contribution < 1.29 is 4.52 Å². The van der Waals surface area contributed by atoms with Crippen LogP contribution in [0.15, 0.2) is 22.7 Å². The van der Waals surface area contributed by atoms with Gasteiger partial charge in [-0.3, -0.25) is 0 Å². The third kappa shape index (κ3) is 2.40. The molecule has 4 heteroatoms. The molecule has 1 fully saturated rings. The molecule has 0 unspecified atom stereocenters. The zero-order chi connectivity index (χ0) is 12.4. The maximum atomic E-state index is 5.36. The van der Waals surface area contributed by atoms with Crippen LogP contribution in [0.25, 0.3) is 11.0 Å². The van der Waals surface area contributed by atoms with E-state index in [-0.39, 0.29) is 0 Å². The van der Waals surface area contributed by atoms with Crippen LogP contribution in [-0.4, -0.2) is 42.8 Å². The van der Waals surface area contributed by atoms with Gasteiger partial charge in [-0.15, -0.1) is 0 Å². The molecule has 96 valence electrons. The molecule has 0 aliphatic carbocycles. The van der Waals surface area contributed by atoms with Gasteiger partial charge in [0, 0.05) is 44.5 Å². The smallest absolute Gasteiger partial charge is 0.167 e. The van der Waals surface area contributed by atoms with Crippen molar-refractivity contribution in [3.05, 3.63) is 29.5 Å². The van der Waals surface area contributed by atoms with Crippen LogP contribution in [0.4, 0.5) is 0 Å². The summed E-state index contributed by atoms with van der Waals surface area (Å²) in [6.45, 7) is 7.63. The molecule has 0 spiro atoms. The number of benzene rings is 1. The van der Waals surface area contributed by atoms with Crippen LogP contribution in [-0.2, 0) is 6.42 Å². The molecule has 1 aromatic carbocycles. The summed E-state index contributed by atoms with van der Waals surface area (Å²) in [4.78, 5) is 2.48. The molecule has 1 aliphatic rings. The molecule has 18 heavy (non-hydrogen) atoms. The number of aryl methyl sites for hydroxylation is 1. The summed E-state index contributed by atoms with van der Waals surface area (Å²) in [5.41, 5.74) is 3.25. The predicted octanol–water partition coefficient (Wildman–Crippen LogP) is 1.58. The van der Waals surface area contributed by atoms with Crippen molar-refractivity contribution in [2.75, 3.05) is 32.7 Å². The van der Waals surface area contributed by atoms with E-state index in [4.69, 9.17) is 4.52 Å². The molecule has 0 saturated carbocycles. The summed E-state index contributed by atoms with van der Waals surface area (Å²) >= 11 is 0. The first-order valence-corrected chi connectivity index (χ1v) is 6.61. The summed E-state index contributed by atoms with van der Waals surface area (Å²) in [5, 5.41) is 8.74. The molecule has 0 amide bonds. The topological polar surface area (TPSA) is 41.3 Å². The normalized spacial score (nSPS) is 17.4. The van der Waals surface area contributed by atoms with Crippen molar-refractivity contribution in [2.24, 2.45) is 0 Å². The Morgan fingerprint density at radius 2 is 2.17 bits per heavy atom. The maximum absolute atomic E-state index is 5.36. The van der Waals surface area contributed by atoms with Gasteiger partial charge in [-0.05, 0) is 19.1 Å². The van der Waals surface area contributed by atoms with Crippen molar-refractivity contribution in [3.8, 4) is 0 Å². The van der Waals surface area contributed by atoms with Crippen molar-refractivity contribution in [2.45, 2.75) is 13.3 Å². The molecular formula is C14H19N3O. The second-order valence-electron chi connectivity index (χ2n) is 4.97. The minimum atomic E-state index is 0.899.